The van der Waals surface area contributed by atoms with Crippen LogP contribution >= 0.6 is 15.9 Å². The molecule has 0 aliphatic carbocycles. The molecule has 0 fully saturated rings. The number of nitrogens with one attached hydrogen (secondary N) is 1. The van der Waals surface area contributed by atoms with E-state index in [-0.39, 0.29) is 0 Å². The van der Waals surface area contributed by atoms with Crippen LogP contribution in [0.15, 0.2) is 51.8 Å². The lowest BCUT2D eigenvalue weighted by atomic mass is 10.1. The molecule has 0 saturated carbocycles. The summed E-state index contributed by atoms with van der Waals surface area (Å²) < 4.78 is 8.11. The Labute approximate surface area is 124 Å². The van der Waals surface area contributed by atoms with Gasteiger partial charge in [-0.2, -0.15) is 0 Å². The monoisotopic (exact) mass is 332 g/mol. The first-order valence-corrected chi connectivity index (χ1v) is 6.95. The number of rotatable bonds is 4. The average molecular weight is 333 g/mol. The minimum atomic E-state index is 0.612. The molecule has 0 bridgehead atoms. The standard InChI is InChI=1S/C14H13BrN4O/c1-19-9-17-18-14(19)11-4-2-3-5-12(11)16-8-10-6-7-13(15)20-10/h2-7,9,16H,8H2,1H3. The van der Waals surface area contributed by atoms with Gasteiger partial charge in [0.25, 0.3) is 0 Å². The van der Waals surface area contributed by atoms with Gasteiger partial charge in [0.05, 0.1) is 6.54 Å². The summed E-state index contributed by atoms with van der Waals surface area (Å²) in [6, 6.07) is 11.8. The van der Waals surface area contributed by atoms with Crippen LogP contribution in [0.25, 0.3) is 11.4 Å². The molecule has 20 heavy (non-hydrogen) atoms. The van der Waals surface area contributed by atoms with Gasteiger partial charge in [0, 0.05) is 18.3 Å². The zero-order valence-corrected chi connectivity index (χ0v) is 12.5. The van der Waals surface area contributed by atoms with Crippen molar-refractivity contribution in [1.29, 1.82) is 0 Å². The Morgan fingerprint density at radius 2 is 2.10 bits per heavy atom. The van der Waals surface area contributed by atoms with Gasteiger partial charge in [0.2, 0.25) is 0 Å². The Kier molecular flexibility index (Phi) is 3.56. The molecule has 102 valence electrons. The van der Waals surface area contributed by atoms with Crippen LogP contribution in [-0.2, 0) is 13.6 Å². The Balaban J connectivity index is 1.85. The molecule has 3 aromatic rings. The SMILES string of the molecule is Cn1cnnc1-c1ccccc1NCc1ccc(Br)o1. The molecule has 0 radical (unpaired) electrons. The van der Waals surface area contributed by atoms with E-state index in [1.165, 1.54) is 0 Å². The minimum Gasteiger partial charge on any atom is -0.452 e. The maximum absolute atomic E-state index is 5.48. The lowest BCUT2D eigenvalue weighted by Crippen LogP contribution is -2.01. The zero-order valence-electron chi connectivity index (χ0n) is 10.9. The first-order chi connectivity index (χ1) is 9.74. The van der Waals surface area contributed by atoms with Crippen LogP contribution in [0.5, 0.6) is 0 Å². The van der Waals surface area contributed by atoms with Crippen molar-refractivity contribution in [3.8, 4) is 11.4 Å². The third-order valence-electron chi connectivity index (χ3n) is 2.96. The van der Waals surface area contributed by atoms with Crippen molar-refractivity contribution < 1.29 is 4.42 Å². The minimum absolute atomic E-state index is 0.612. The molecule has 0 atom stereocenters. The molecule has 2 heterocycles. The fourth-order valence-electron chi connectivity index (χ4n) is 1.99. The molecular formula is C14H13BrN4O. The Hall–Kier alpha value is -2.08. The number of para-hydroxylation sites is 1. The summed E-state index contributed by atoms with van der Waals surface area (Å²) in [5.41, 5.74) is 2.01. The summed E-state index contributed by atoms with van der Waals surface area (Å²) in [4.78, 5) is 0. The van der Waals surface area contributed by atoms with Crippen molar-refractivity contribution in [2.24, 2.45) is 7.05 Å². The molecule has 2 aromatic heterocycles. The van der Waals surface area contributed by atoms with Crippen LogP contribution in [0, 0.1) is 0 Å². The molecule has 0 unspecified atom stereocenters. The molecule has 0 aliphatic rings. The Bertz CT molecular complexity index is 719. The topological polar surface area (TPSA) is 55.9 Å². The van der Waals surface area contributed by atoms with Gasteiger partial charge in [-0.05, 0) is 40.2 Å². The van der Waals surface area contributed by atoms with Crippen molar-refractivity contribution in [3.05, 3.63) is 53.2 Å². The Morgan fingerprint density at radius 3 is 2.80 bits per heavy atom. The summed E-state index contributed by atoms with van der Waals surface area (Å²) >= 11 is 3.30. The Morgan fingerprint density at radius 1 is 1.25 bits per heavy atom. The fraction of sp³-hybridized carbons (Fsp3) is 0.143. The van der Waals surface area contributed by atoms with Crippen LogP contribution in [0.4, 0.5) is 5.69 Å². The fourth-order valence-corrected chi connectivity index (χ4v) is 2.33. The van der Waals surface area contributed by atoms with Crippen LogP contribution in [-0.4, -0.2) is 14.8 Å². The van der Waals surface area contributed by atoms with E-state index >= 15 is 0 Å². The largest absolute Gasteiger partial charge is 0.452 e. The number of aryl methyl sites for hydroxylation is 1. The van der Waals surface area contributed by atoms with Gasteiger partial charge >= 0.3 is 0 Å². The van der Waals surface area contributed by atoms with E-state index in [1.807, 2.05) is 48.0 Å². The van der Waals surface area contributed by atoms with Crippen molar-refractivity contribution in [3.63, 3.8) is 0 Å². The second-order valence-corrected chi connectivity index (χ2v) is 5.15. The summed E-state index contributed by atoms with van der Waals surface area (Å²) in [5, 5.41) is 11.4. The summed E-state index contributed by atoms with van der Waals surface area (Å²) in [7, 11) is 1.93. The van der Waals surface area contributed by atoms with E-state index in [1.54, 1.807) is 6.33 Å². The third kappa shape index (κ3) is 2.60. The van der Waals surface area contributed by atoms with Crippen LogP contribution in [0.3, 0.4) is 0 Å². The molecule has 1 N–H and O–H groups in total. The lowest BCUT2D eigenvalue weighted by molar-refractivity contribution is 0.495. The summed E-state index contributed by atoms with van der Waals surface area (Å²) in [6.45, 7) is 0.612. The first kappa shape index (κ1) is 12.9. The molecular weight excluding hydrogens is 320 g/mol. The van der Waals surface area contributed by atoms with Crippen molar-refractivity contribution in [2.45, 2.75) is 6.54 Å². The quantitative estimate of drug-likeness (QED) is 0.795. The zero-order chi connectivity index (χ0) is 13.9. The van der Waals surface area contributed by atoms with Crippen molar-refractivity contribution in [1.82, 2.24) is 14.8 Å². The predicted octanol–water partition coefficient (Wildman–Crippen LogP) is 3.45. The third-order valence-corrected chi connectivity index (χ3v) is 3.39. The second kappa shape index (κ2) is 5.50. The molecule has 0 saturated heterocycles. The highest BCUT2D eigenvalue weighted by Gasteiger charge is 2.10. The molecule has 0 amide bonds. The normalized spacial score (nSPS) is 10.7. The van der Waals surface area contributed by atoms with Gasteiger partial charge in [0.1, 0.15) is 12.1 Å². The average Bonchev–Trinajstić information content (AvgIpc) is 3.05. The van der Waals surface area contributed by atoms with E-state index in [9.17, 15) is 0 Å². The number of halogens is 1. The number of anilines is 1. The summed E-state index contributed by atoms with van der Waals surface area (Å²) in [6.07, 6.45) is 1.69. The van der Waals surface area contributed by atoms with E-state index in [4.69, 9.17) is 4.42 Å². The molecule has 5 nitrogen and oxygen atoms in total. The highest BCUT2D eigenvalue weighted by Crippen LogP contribution is 2.26. The van der Waals surface area contributed by atoms with Gasteiger partial charge in [0.15, 0.2) is 10.5 Å². The van der Waals surface area contributed by atoms with Gasteiger partial charge < -0.3 is 14.3 Å². The number of furan rings is 1. The van der Waals surface area contributed by atoms with Gasteiger partial charge in [-0.3, -0.25) is 0 Å². The van der Waals surface area contributed by atoms with Crippen molar-refractivity contribution in [2.75, 3.05) is 5.32 Å². The molecule has 6 heteroatoms. The molecule has 0 spiro atoms. The number of aromatic nitrogens is 3. The van der Waals surface area contributed by atoms with Crippen LogP contribution in [0.2, 0.25) is 0 Å². The molecule has 0 aliphatic heterocycles. The first-order valence-electron chi connectivity index (χ1n) is 6.15. The predicted molar refractivity (Wildman–Crippen MR) is 80.2 cm³/mol. The maximum atomic E-state index is 5.48. The maximum Gasteiger partial charge on any atom is 0.169 e. The second-order valence-electron chi connectivity index (χ2n) is 4.37. The number of benzene rings is 1. The van der Waals surface area contributed by atoms with Crippen molar-refractivity contribution >= 4 is 21.6 Å². The highest BCUT2D eigenvalue weighted by atomic mass is 79.9. The molecule has 1 aromatic carbocycles. The highest BCUT2D eigenvalue weighted by molar-refractivity contribution is 9.10. The van der Waals surface area contributed by atoms with Gasteiger partial charge in [-0.15, -0.1) is 10.2 Å². The number of hydrogen-bond acceptors (Lipinski definition) is 4. The lowest BCUT2D eigenvalue weighted by Gasteiger charge is -2.10. The van der Waals surface area contributed by atoms with E-state index < -0.39 is 0 Å². The smallest absolute Gasteiger partial charge is 0.169 e. The van der Waals surface area contributed by atoms with Gasteiger partial charge in [-0.1, -0.05) is 12.1 Å². The van der Waals surface area contributed by atoms with Crippen LogP contribution in [0.1, 0.15) is 5.76 Å². The van der Waals surface area contributed by atoms with E-state index in [0.717, 1.165) is 27.5 Å². The van der Waals surface area contributed by atoms with Crippen LogP contribution < -0.4 is 5.32 Å². The van der Waals surface area contributed by atoms with Gasteiger partial charge in [-0.25, -0.2) is 0 Å². The molecule has 3 rings (SSSR count). The number of hydrogen-bond donors (Lipinski definition) is 1. The van der Waals surface area contributed by atoms with E-state index in [0.29, 0.717) is 6.54 Å². The summed E-state index contributed by atoms with van der Waals surface area (Å²) in [5.74, 6) is 1.69. The number of nitrogens with zero attached hydrogens (tertiary/aromatic N) is 3. The van der Waals surface area contributed by atoms with E-state index in [2.05, 4.69) is 31.4 Å².